The molecule has 1 aromatic carbocycles. The van der Waals surface area contributed by atoms with E-state index in [1.54, 1.807) is 7.11 Å². The second-order valence-electron chi connectivity index (χ2n) is 7.41. The summed E-state index contributed by atoms with van der Waals surface area (Å²) >= 11 is 0. The van der Waals surface area contributed by atoms with Gasteiger partial charge in [0.2, 0.25) is 0 Å². The van der Waals surface area contributed by atoms with Crippen molar-refractivity contribution in [1.82, 2.24) is 4.90 Å². The van der Waals surface area contributed by atoms with Gasteiger partial charge in [-0.15, -0.1) is 0 Å². The highest BCUT2D eigenvalue weighted by molar-refractivity contribution is 6.40. The van der Waals surface area contributed by atoms with Crippen LogP contribution in [0.15, 0.2) is 24.3 Å². The molecule has 0 radical (unpaired) electrons. The highest BCUT2D eigenvalue weighted by Crippen LogP contribution is 2.34. The van der Waals surface area contributed by atoms with Crippen molar-refractivity contribution in [2.24, 2.45) is 5.73 Å². The van der Waals surface area contributed by atoms with Crippen LogP contribution < -0.4 is 10.5 Å². The van der Waals surface area contributed by atoms with Gasteiger partial charge in [0.15, 0.2) is 0 Å². The number of aliphatic carboxylic acids is 1. The molecule has 1 aliphatic rings. The van der Waals surface area contributed by atoms with Crippen LogP contribution in [0.4, 0.5) is 0 Å². The van der Waals surface area contributed by atoms with Gasteiger partial charge < -0.3 is 25.6 Å². The predicted octanol–water partition coefficient (Wildman–Crippen LogP) is 1.65. The number of nitrogens with zero attached hydrogens (tertiary/aromatic N) is 1. The number of rotatable bonds is 11. The largest absolute Gasteiger partial charge is 0.497 e. The SMILES string of the molecule is COc1cccc(C2CCCN2CCC(N)(CCCCB(O)O)C(=O)O)c1. The minimum Gasteiger partial charge on any atom is -0.497 e. The first-order valence-corrected chi connectivity index (χ1v) is 9.62. The molecule has 1 aromatic rings. The Morgan fingerprint density at radius 1 is 1.37 bits per heavy atom. The number of hydrogen-bond acceptors (Lipinski definition) is 6. The number of ether oxygens (including phenoxy) is 1. The number of unbranched alkanes of at least 4 members (excludes halogenated alkanes) is 1. The lowest BCUT2D eigenvalue weighted by molar-refractivity contribution is -0.144. The van der Waals surface area contributed by atoms with E-state index in [0.717, 1.165) is 25.1 Å². The van der Waals surface area contributed by atoms with E-state index in [1.165, 1.54) is 5.56 Å². The standard InChI is InChI=1S/C19H31BN2O5/c1-27-16-7-4-6-15(14-16)17-8-5-12-22(17)13-10-19(21,18(23)24)9-2-3-11-20(25)26/h4,6-7,14,17,25-26H,2-3,5,8-13,21H2,1H3,(H,23,24). The molecule has 0 aliphatic carbocycles. The molecule has 7 nitrogen and oxygen atoms in total. The Labute approximate surface area is 161 Å². The van der Waals surface area contributed by atoms with Gasteiger partial charge in [-0.3, -0.25) is 9.69 Å². The van der Waals surface area contributed by atoms with Crippen LogP contribution in [0.3, 0.4) is 0 Å². The summed E-state index contributed by atoms with van der Waals surface area (Å²) in [6, 6.07) is 8.27. The summed E-state index contributed by atoms with van der Waals surface area (Å²) in [4.78, 5) is 14.0. The van der Waals surface area contributed by atoms with E-state index in [2.05, 4.69) is 11.0 Å². The first-order valence-electron chi connectivity index (χ1n) is 9.62. The van der Waals surface area contributed by atoms with Crippen molar-refractivity contribution in [1.29, 1.82) is 0 Å². The molecule has 0 aromatic heterocycles. The molecule has 2 rings (SSSR count). The summed E-state index contributed by atoms with van der Waals surface area (Å²) in [5.41, 5.74) is 6.09. The van der Waals surface area contributed by atoms with E-state index in [-0.39, 0.29) is 12.4 Å². The molecule has 1 aliphatic heterocycles. The summed E-state index contributed by atoms with van der Waals surface area (Å²) in [6.07, 6.45) is 4.13. The maximum absolute atomic E-state index is 11.7. The topological polar surface area (TPSA) is 116 Å². The molecule has 0 amide bonds. The summed E-state index contributed by atoms with van der Waals surface area (Å²) in [7, 11) is 0.298. The fourth-order valence-electron chi connectivity index (χ4n) is 3.77. The number of benzene rings is 1. The Bertz CT molecular complexity index is 616. The van der Waals surface area contributed by atoms with Crippen molar-refractivity contribution in [3.8, 4) is 5.75 Å². The Hall–Kier alpha value is -1.61. The van der Waals surface area contributed by atoms with Crippen LogP contribution >= 0.6 is 0 Å². The second-order valence-corrected chi connectivity index (χ2v) is 7.41. The monoisotopic (exact) mass is 378 g/mol. The quantitative estimate of drug-likeness (QED) is 0.342. The molecular weight excluding hydrogens is 347 g/mol. The van der Waals surface area contributed by atoms with Crippen LogP contribution in [-0.2, 0) is 4.79 Å². The number of hydrogen-bond donors (Lipinski definition) is 4. The van der Waals surface area contributed by atoms with Crippen molar-refractivity contribution < 1.29 is 24.7 Å². The normalized spacial score (nSPS) is 19.6. The molecule has 1 fully saturated rings. The van der Waals surface area contributed by atoms with Crippen molar-refractivity contribution in [2.45, 2.75) is 56.4 Å². The third kappa shape index (κ3) is 6.21. The third-order valence-electron chi connectivity index (χ3n) is 5.45. The van der Waals surface area contributed by atoms with E-state index >= 15 is 0 Å². The van der Waals surface area contributed by atoms with E-state index in [1.807, 2.05) is 18.2 Å². The third-order valence-corrected chi connectivity index (χ3v) is 5.45. The maximum Gasteiger partial charge on any atom is 0.451 e. The molecule has 0 bridgehead atoms. The zero-order valence-electron chi connectivity index (χ0n) is 16.0. The molecule has 5 N–H and O–H groups in total. The Kier molecular flexibility index (Phi) is 8.10. The molecule has 0 spiro atoms. The van der Waals surface area contributed by atoms with Gasteiger partial charge in [0.1, 0.15) is 11.3 Å². The van der Waals surface area contributed by atoms with Crippen LogP contribution in [0, 0.1) is 0 Å². The van der Waals surface area contributed by atoms with E-state index in [9.17, 15) is 9.90 Å². The fraction of sp³-hybridized carbons (Fsp3) is 0.632. The summed E-state index contributed by atoms with van der Waals surface area (Å²) < 4.78 is 5.32. The smallest absolute Gasteiger partial charge is 0.451 e. The van der Waals surface area contributed by atoms with E-state index in [0.29, 0.717) is 32.2 Å². The lowest BCUT2D eigenvalue weighted by atomic mass is 9.81. The van der Waals surface area contributed by atoms with E-state index in [4.69, 9.17) is 20.5 Å². The van der Waals surface area contributed by atoms with Gasteiger partial charge in [-0.25, -0.2) is 0 Å². The van der Waals surface area contributed by atoms with Gasteiger partial charge in [-0.05, 0) is 56.2 Å². The van der Waals surface area contributed by atoms with Crippen molar-refractivity contribution in [3.63, 3.8) is 0 Å². The first kappa shape index (κ1) is 21.7. The molecule has 1 heterocycles. The van der Waals surface area contributed by atoms with Crippen LogP contribution in [0.2, 0.25) is 6.32 Å². The van der Waals surface area contributed by atoms with Crippen LogP contribution in [0.1, 0.15) is 50.1 Å². The highest BCUT2D eigenvalue weighted by atomic mass is 16.5. The predicted molar refractivity (Wildman–Crippen MR) is 105 cm³/mol. The number of methoxy groups -OCH3 is 1. The number of likely N-dealkylation sites (tertiary alicyclic amines) is 1. The second kappa shape index (κ2) is 10.1. The van der Waals surface area contributed by atoms with Crippen molar-refractivity contribution >= 4 is 13.1 Å². The zero-order chi connectivity index (χ0) is 19.9. The first-order chi connectivity index (χ1) is 12.9. The molecule has 8 heteroatoms. The van der Waals surface area contributed by atoms with Gasteiger partial charge in [0.25, 0.3) is 0 Å². The number of carbonyl (C=O) groups is 1. The molecule has 2 atom stereocenters. The molecule has 2 unspecified atom stereocenters. The average molecular weight is 378 g/mol. The number of carboxylic acids is 1. The minimum atomic E-state index is -1.35. The summed E-state index contributed by atoms with van der Waals surface area (Å²) in [5.74, 6) is -0.173. The van der Waals surface area contributed by atoms with Crippen molar-refractivity contribution in [2.75, 3.05) is 20.2 Å². The van der Waals surface area contributed by atoms with Crippen molar-refractivity contribution in [3.05, 3.63) is 29.8 Å². The van der Waals surface area contributed by atoms with E-state index < -0.39 is 18.6 Å². The minimum absolute atomic E-state index is 0.236. The lowest BCUT2D eigenvalue weighted by Gasteiger charge is -2.30. The fourth-order valence-corrected chi connectivity index (χ4v) is 3.77. The lowest BCUT2D eigenvalue weighted by Crippen LogP contribution is -2.50. The Morgan fingerprint density at radius 2 is 2.15 bits per heavy atom. The molecule has 150 valence electrons. The Balaban J connectivity index is 1.95. The molecule has 0 saturated carbocycles. The summed E-state index contributed by atoms with van der Waals surface area (Å²) in [6.45, 7) is 1.54. The van der Waals surface area contributed by atoms with Crippen LogP contribution in [0.5, 0.6) is 5.75 Å². The molecular formula is C19H31BN2O5. The number of nitrogens with two attached hydrogens (primary N) is 1. The summed E-state index contributed by atoms with van der Waals surface area (Å²) in [5, 5.41) is 27.4. The van der Waals surface area contributed by atoms with Gasteiger partial charge in [-0.1, -0.05) is 25.0 Å². The Morgan fingerprint density at radius 3 is 2.81 bits per heavy atom. The van der Waals surface area contributed by atoms with Gasteiger partial charge in [0.05, 0.1) is 7.11 Å². The van der Waals surface area contributed by atoms with Gasteiger partial charge in [0, 0.05) is 12.6 Å². The van der Waals surface area contributed by atoms with Crippen LogP contribution in [0.25, 0.3) is 0 Å². The average Bonchev–Trinajstić information content (AvgIpc) is 3.12. The van der Waals surface area contributed by atoms with Gasteiger partial charge in [-0.2, -0.15) is 0 Å². The highest BCUT2D eigenvalue weighted by Gasteiger charge is 2.35. The number of carboxylic acid groups (broad SMARTS) is 1. The maximum atomic E-state index is 11.7. The van der Waals surface area contributed by atoms with Gasteiger partial charge >= 0.3 is 13.1 Å². The molecule has 27 heavy (non-hydrogen) atoms. The zero-order valence-corrected chi connectivity index (χ0v) is 16.0. The van der Waals surface area contributed by atoms with Crippen LogP contribution in [-0.4, -0.2) is 58.9 Å². The molecule has 1 saturated heterocycles.